The van der Waals surface area contributed by atoms with Gasteiger partial charge in [0.15, 0.2) is 0 Å². The summed E-state index contributed by atoms with van der Waals surface area (Å²) in [5, 5.41) is 5.37. The lowest BCUT2D eigenvalue weighted by atomic mass is 10.0. The van der Waals surface area contributed by atoms with Crippen LogP contribution in [0.3, 0.4) is 0 Å². The minimum Gasteiger partial charge on any atom is -0.317 e. The zero-order valence-corrected chi connectivity index (χ0v) is 20.3. The van der Waals surface area contributed by atoms with Crippen molar-refractivity contribution in [1.29, 1.82) is 0 Å². The van der Waals surface area contributed by atoms with Crippen LogP contribution in [0.2, 0.25) is 0 Å². The maximum atomic E-state index is 13.6. The summed E-state index contributed by atoms with van der Waals surface area (Å²) >= 11 is 1.76. The van der Waals surface area contributed by atoms with E-state index in [9.17, 15) is 4.79 Å². The van der Waals surface area contributed by atoms with Crippen LogP contribution in [0.25, 0.3) is 10.4 Å². The molecule has 32 heavy (non-hydrogen) atoms. The second-order valence-electron chi connectivity index (χ2n) is 9.15. The molecule has 0 spiro atoms. The number of hydrogen-bond donors (Lipinski definition) is 1. The summed E-state index contributed by atoms with van der Waals surface area (Å²) in [6, 6.07) is 17.5. The van der Waals surface area contributed by atoms with Crippen LogP contribution < -0.4 is 5.32 Å². The third-order valence-electron chi connectivity index (χ3n) is 6.55. The van der Waals surface area contributed by atoms with Gasteiger partial charge in [-0.15, -0.1) is 11.3 Å². The van der Waals surface area contributed by atoms with Gasteiger partial charge in [-0.3, -0.25) is 0 Å². The number of carbonyl (C=O) groups excluding carboxylic acids is 1. The maximum Gasteiger partial charge on any atom is 0.322 e. The van der Waals surface area contributed by atoms with Gasteiger partial charge in [0, 0.05) is 23.2 Å². The second-order valence-corrected chi connectivity index (χ2v) is 10.1. The molecule has 0 unspecified atom stereocenters. The number of thiophene rings is 1. The van der Waals surface area contributed by atoms with Crippen molar-refractivity contribution in [2.24, 2.45) is 0 Å². The molecule has 0 bridgehead atoms. The van der Waals surface area contributed by atoms with Crippen LogP contribution >= 0.6 is 11.3 Å². The molecule has 1 aromatic heterocycles. The van der Waals surface area contributed by atoms with Gasteiger partial charge in [-0.2, -0.15) is 0 Å². The van der Waals surface area contributed by atoms with Gasteiger partial charge in [-0.25, -0.2) is 4.79 Å². The fraction of sp³-hybridized carbons (Fsp3) is 0.393. The van der Waals surface area contributed by atoms with Gasteiger partial charge in [0.2, 0.25) is 0 Å². The molecule has 0 saturated heterocycles. The number of nitrogens with zero attached hydrogens (tertiary/aromatic N) is 1. The van der Waals surface area contributed by atoms with Gasteiger partial charge in [0.05, 0.1) is 0 Å². The van der Waals surface area contributed by atoms with Gasteiger partial charge in [-0.05, 0) is 67.3 Å². The van der Waals surface area contributed by atoms with Crippen molar-refractivity contribution in [3.05, 3.63) is 76.2 Å². The minimum atomic E-state index is 0.0225. The number of carbonyl (C=O) groups is 1. The third kappa shape index (κ3) is 5.42. The first-order valence-corrected chi connectivity index (χ1v) is 12.7. The van der Waals surface area contributed by atoms with Crippen molar-refractivity contribution in [3.63, 3.8) is 0 Å². The van der Waals surface area contributed by atoms with Crippen molar-refractivity contribution in [2.75, 3.05) is 5.32 Å². The number of nitrogens with one attached hydrogen (secondary N) is 1. The molecule has 1 saturated carbocycles. The zero-order chi connectivity index (χ0) is 22.5. The van der Waals surface area contributed by atoms with Crippen LogP contribution in [-0.2, 0) is 6.54 Å². The summed E-state index contributed by atoms with van der Waals surface area (Å²) in [6.45, 7) is 6.90. The number of benzene rings is 2. The Kier molecular flexibility index (Phi) is 7.31. The van der Waals surface area contributed by atoms with Crippen LogP contribution in [0.4, 0.5) is 10.5 Å². The van der Waals surface area contributed by atoms with Crippen molar-refractivity contribution in [3.8, 4) is 10.4 Å². The average molecular weight is 447 g/mol. The largest absolute Gasteiger partial charge is 0.322 e. The second kappa shape index (κ2) is 10.4. The summed E-state index contributed by atoms with van der Waals surface area (Å²) in [4.78, 5) is 17.0. The van der Waals surface area contributed by atoms with E-state index < -0.39 is 0 Å². The molecule has 1 N–H and O–H groups in total. The quantitative estimate of drug-likeness (QED) is 0.395. The number of rotatable bonds is 5. The summed E-state index contributed by atoms with van der Waals surface area (Å²) in [5.41, 5.74) is 6.84. The molecular weight excluding hydrogens is 412 g/mol. The molecule has 0 radical (unpaired) electrons. The van der Waals surface area contributed by atoms with Gasteiger partial charge in [0.25, 0.3) is 0 Å². The van der Waals surface area contributed by atoms with E-state index in [4.69, 9.17) is 0 Å². The van der Waals surface area contributed by atoms with Crippen LogP contribution in [0.15, 0.2) is 53.9 Å². The Hall–Kier alpha value is -2.59. The topological polar surface area (TPSA) is 32.3 Å². The monoisotopic (exact) mass is 446 g/mol. The summed E-state index contributed by atoms with van der Waals surface area (Å²) < 4.78 is 0. The van der Waals surface area contributed by atoms with Gasteiger partial charge < -0.3 is 10.2 Å². The van der Waals surface area contributed by atoms with E-state index >= 15 is 0 Å². The van der Waals surface area contributed by atoms with E-state index in [1.54, 1.807) is 11.3 Å². The molecule has 168 valence electrons. The van der Waals surface area contributed by atoms with Crippen LogP contribution in [0, 0.1) is 20.8 Å². The predicted octanol–water partition coefficient (Wildman–Crippen LogP) is 8.10. The number of anilines is 1. The van der Waals surface area contributed by atoms with Gasteiger partial charge >= 0.3 is 6.03 Å². The average Bonchev–Trinajstić information content (AvgIpc) is 3.18. The molecule has 0 atom stereocenters. The molecular formula is C28H34N2OS. The Balaban J connectivity index is 1.56. The molecule has 0 aliphatic heterocycles. The molecule has 2 amide bonds. The Bertz CT molecular complexity index is 1010. The highest BCUT2D eigenvalue weighted by atomic mass is 32.1. The maximum absolute atomic E-state index is 13.6. The normalized spacial score (nSPS) is 14.7. The lowest BCUT2D eigenvalue weighted by Gasteiger charge is -2.32. The minimum absolute atomic E-state index is 0.0225. The Morgan fingerprint density at radius 1 is 0.969 bits per heavy atom. The highest BCUT2D eigenvalue weighted by Gasteiger charge is 2.25. The van der Waals surface area contributed by atoms with E-state index in [1.165, 1.54) is 47.3 Å². The van der Waals surface area contributed by atoms with Crippen molar-refractivity contribution >= 4 is 23.1 Å². The summed E-state index contributed by atoms with van der Waals surface area (Å²) in [5.74, 6) is 0. The number of urea groups is 1. The first-order chi connectivity index (χ1) is 15.5. The molecule has 3 nitrogen and oxygen atoms in total. The van der Waals surface area contributed by atoms with E-state index in [2.05, 4.69) is 84.9 Å². The Morgan fingerprint density at radius 3 is 2.22 bits per heavy atom. The standard InChI is InChI=1S/C28H34N2OS/c1-20-17-21(2)27(22(3)18-20)29-28(31)30(25-9-6-4-5-7-10-25)19-23-12-14-24(15-13-23)26-11-8-16-32-26/h8,11-18,25H,4-7,9-10,19H2,1-3H3,(H,29,31). The van der Waals surface area contributed by atoms with Gasteiger partial charge in [0.1, 0.15) is 0 Å². The lowest BCUT2D eigenvalue weighted by Crippen LogP contribution is -2.42. The van der Waals surface area contributed by atoms with Crippen LogP contribution in [0.5, 0.6) is 0 Å². The Labute approximate surface area is 196 Å². The van der Waals surface area contributed by atoms with Crippen LogP contribution in [-0.4, -0.2) is 17.0 Å². The Morgan fingerprint density at radius 2 is 1.62 bits per heavy atom. The van der Waals surface area contributed by atoms with Crippen molar-refractivity contribution in [2.45, 2.75) is 71.9 Å². The van der Waals surface area contributed by atoms with Crippen LogP contribution in [0.1, 0.15) is 60.8 Å². The van der Waals surface area contributed by atoms with Crippen molar-refractivity contribution < 1.29 is 4.79 Å². The number of aryl methyl sites for hydroxylation is 3. The predicted molar refractivity (Wildman–Crippen MR) is 136 cm³/mol. The van der Waals surface area contributed by atoms with E-state index in [-0.39, 0.29) is 6.03 Å². The van der Waals surface area contributed by atoms with Gasteiger partial charge in [-0.1, -0.05) is 73.7 Å². The SMILES string of the molecule is Cc1cc(C)c(NC(=O)N(Cc2ccc(-c3cccs3)cc2)C2CCCCCC2)c(C)c1. The molecule has 1 heterocycles. The van der Waals surface area contributed by atoms with Crippen molar-refractivity contribution in [1.82, 2.24) is 4.90 Å². The molecule has 1 fully saturated rings. The summed E-state index contributed by atoms with van der Waals surface area (Å²) in [6.07, 6.45) is 7.14. The molecule has 1 aliphatic rings. The molecule has 4 heteroatoms. The first kappa shape index (κ1) is 22.6. The zero-order valence-electron chi connectivity index (χ0n) is 19.5. The summed E-state index contributed by atoms with van der Waals surface area (Å²) in [7, 11) is 0. The molecule has 1 aliphatic carbocycles. The third-order valence-corrected chi connectivity index (χ3v) is 7.47. The van der Waals surface area contributed by atoms with E-state index in [1.807, 2.05) is 0 Å². The molecule has 4 rings (SSSR count). The fourth-order valence-corrected chi connectivity index (χ4v) is 5.64. The smallest absolute Gasteiger partial charge is 0.317 e. The first-order valence-electron chi connectivity index (χ1n) is 11.8. The number of amides is 2. The lowest BCUT2D eigenvalue weighted by molar-refractivity contribution is 0.175. The van der Waals surface area contributed by atoms with E-state index in [0.29, 0.717) is 12.6 Å². The molecule has 3 aromatic rings. The molecule has 2 aromatic carbocycles. The number of hydrogen-bond acceptors (Lipinski definition) is 2. The van der Waals surface area contributed by atoms with E-state index in [0.717, 1.165) is 29.7 Å². The highest BCUT2D eigenvalue weighted by Crippen LogP contribution is 2.28. The highest BCUT2D eigenvalue weighted by molar-refractivity contribution is 7.13. The fourth-order valence-electron chi connectivity index (χ4n) is 4.91.